The third-order valence-corrected chi connectivity index (χ3v) is 9.18. The summed E-state index contributed by atoms with van der Waals surface area (Å²) in [5, 5.41) is -0.318. The Labute approximate surface area is 186 Å². The zero-order valence-electron chi connectivity index (χ0n) is 19.2. The van der Waals surface area contributed by atoms with E-state index in [1.807, 2.05) is 13.8 Å². The van der Waals surface area contributed by atoms with Crippen LogP contribution in [0.1, 0.15) is 65.4 Å². The number of hydrogen-bond donors (Lipinski definition) is 0. The molecule has 0 radical (unpaired) electrons. The van der Waals surface area contributed by atoms with E-state index in [1.54, 1.807) is 18.7 Å². The van der Waals surface area contributed by atoms with Crippen molar-refractivity contribution in [3.8, 4) is 0 Å². The van der Waals surface area contributed by atoms with Crippen molar-refractivity contribution in [3.63, 3.8) is 0 Å². The summed E-state index contributed by atoms with van der Waals surface area (Å²) in [5.41, 5.74) is 0.746. The quantitative estimate of drug-likeness (QED) is 0.569. The molecular weight excluding hydrogens is 420 g/mol. The predicted molar refractivity (Wildman–Crippen MR) is 121 cm³/mol. The van der Waals surface area contributed by atoms with Crippen LogP contribution in [0, 0.1) is 23.5 Å². The van der Waals surface area contributed by atoms with Gasteiger partial charge in [-0.2, -0.15) is 0 Å². The first-order chi connectivity index (χ1) is 14.5. The van der Waals surface area contributed by atoms with Crippen LogP contribution in [0.3, 0.4) is 0 Å². The molecule has 1 aliphatic heterocycles. The Kier molecular flexibility index (Phi) is 8.00. The molecule has 2 fully saturated rings. The smallest absolute Gasteiger partial charge is 0.152 e. The highest BCUT2D eigenvalue weighted by Gasteiger charge is 2.28. The minimum absolute atomic E-state index is 0.0534. The van der Waals surface area contributed by atoms with E-state index in [1.165, 1.54) is 12.1 Å². The second-order valence-corrected chi connectivity index (χ2v) is 12.5. The van der Waals surface area contributed by atoms with E-state index in [2.05, 4.69) is 0 Å². The lowest BCUT2D eigenvalue weighted by Gasteiger charge is -2.37. The van der Waals surface area contributed by atoms with Crippen molar-refractivity contribution in [2.24, 2.45) is 11.8 Å². The standard InChI is InChI=1S/C24H37F2NO3S/c1-16(2)31(28,29)15-20-8-5-19(6-9-20)7-10-21-11-22(25)24(23(26)12-21)27-13-17(3)30-18(4)14-27/h11-12,16-20H,5-10,13-15H2,1-4H3/t17-,18+,19?,20?. The van der Waals surface area contributed by atoms with Gasteiger partial charge in [-0.15, -0.1) is 0 Å². The Morgan fingerprint density at radius 1 is 1.00 bits per heavy atom. The highest BCUT2D eigenvalue weighted by Crippen LogP contribution is 2.34. The Hall–Kier alpha value is -1.21. The number of anilines is 1. The van der Waals surface area contributed by atoms with E-state index in [0.29, 0.717) is 31.0 Å². The lowest BCUT2D eigenvalue weighted by atomic mass is 9.80. The molecule has 2 atom stereocenters. The molecule has 1 saturated carbocycles. The average Bonchev–Trinajstić information content (AvgIpc) is 2.66. The SMILES string of the molecule is CC(C)S(=O)(=O)CC1CCC(CCc2cc(F)c(N3C[C@@H](C)O[C@@H](C)C3)c(F)c2)CC1. The molecule has 1 aromatic carbocycles. The van der Waals surface area contributed by atoms with Crippen molar-refractivity contribution in [1.82, 2.24) is 0 Å². The fourth-order valence-corrected chi connectivity index (χ4v) is 6.38. The number of nitrogens with zero attached hydrogens (tertiary/aromatic N) is 1. The number of rotatable bonds is 7. The maximum absolute atomic E-state index is 14.8. The summed E-state index contributed by atoms with van der Waals surface area (Å²) in [6.07, 6.45) is 5.23. The largest absolute Gasteiger partial charge is 0.372 e. The molecule has 0 aromatic heterocycles. The van der Waals surface area contributed by atoms with Crippen molar-refractivity contribution in [2.75, 3.05) is 23.7 Å². The Morgan fingerprint density at radius 2 is 1.52 bits per heavy atom. The normalized spacial score (nSPS) is 27.6. The van der Waals surface area contributed by atoms with Crippen molar-refractivity contribution >= 4 is 15.5 Å². The van der Waals surface area contributed by atoms with Gasteiger partial charge in [0.25, 0.3) is 0 Å². The molecule has 0 spiro atoms. The summed E-state index contributed by atoms with van der Waals surface area (Å²) in [6, 6.07) is 2.95. The zero-order chi connectivity index (χ0) is 22.8. The molecule has 1 aliphatic carbocycles. The molecule has 31 heavy (non-hydrogen) atoms. The highest BCUT2D eigenvalue weighted by molar-refractivity contribution is 7.91. The maximum Gasteiger partial charge on any atom is 0.152 e. The van der Waals surface area contributed by atoms with E-state index in [0.717, 1.165) is 32.1 Å². The summed E-state index contributed by atoms with van der Waals surface area (Å²) >= 11 is 0. The van der Waals surface area contributed by atoms with Gasteiger partial charge in [-0.25, -0.2) is 17.2 Å². The van der Waals surface area contributed by atoms with Crippen LogP contribution in [0.4, 0.5) is 14.5 Å². The van der Waals surface area contributed by atoms with E-state index < -0.39 is 21.5 Å². The van der Waals surface area contributed by atoms with Crippen LogP contribution < -0.4 is 4.90 Å². The number of halogens is 2. The Bertz CT molecular complexity index is 817. The number of aryl methyl sites for hydroxylation is 1. The van der Waals surface area contributed by atoms with Gasteiger partial charge in [0.15, 0.2) is 9.84 Å². The van der Waals surface area contributed by atoms with Crippen LogP contribution in [0.25, 0.3) is 0 Å². The first-order valence-electron chi connectivity index (χ1n) is 11.6. The summed E-state index contributed by atoms with van der Waals surface area (Å²) in [7, 11) is -3.00. The number of sulfone groups is 1. The number of morpholine rings is 1. The third kappa shape index (κ3) is 6.41. The van der Waals surface area contributed by atoms with Crippen LogP contribution in [0.15, 0.2) is 12.1 Å². The molecule has 0 N–H and O–H groups in total. The fourth-order valence-electron chi connectivity index (χ4n) is 5.00. The first-order valence-corrected chi connectivity index (χ1v) is 13.4. The molecule has 1 saturated heterocycles. The number of hydrogen-bond acceptors (Lipinski definition) is 4. The number of benzene rings is 1. The molecule has 2 aliphatic rings. The number of ether oxygens (including phenoxy) is 1. The van der Waals surface area contributed by atoms with Crippen LogP contribution in [-0.2, 0) is 21.0 Å². The van der Waals surface area contributed by atoms with Gasteiger partial charge in [-0.05, 0) is 82.9 Å². The summed E-state index contributed by atoms with van der Waals surface area (Å²) < 4.78 is 59.6. The molecule has 0 amide bonds. The van der Waals surface area contributed by atoms with E-state index in [9.17, 15) is 17.2 Å². The van der Waals surface area contributed by atoms with Gasteiger partial charge in [0.2, 0.25) is 0 Å². The van der Waals surface area contributed by atoms with Gasteiger partial charge in [-0.1, -0.05) is 12.8 Å². The molecule has 0 unspecified atom stereocenters. The van der Waals surface area contributed by atoms with Crippen LogP contribution >= 0.6 is 0 Å². The minimum Gasteiger partial charge on any atom is -0.372 e. The summed E-state index contributed by atoms with van der Waals surface area (Å²) in [4.78, 5) is 1.75. The molecule has 4 nitrogen and oxygen atoms in total. The molecular formula is C24H37F2NO3S. The third-order valence-electron chi connectivity index (χ3n) is 6.81. The molecule has 176 valence electrons. The van der Waals surface area contributed by atoms with Gasteiger partial charge in [-0.3, -0.25) is 0 Å². The topological polar surface area (TPSA) is 46.6 Å². The predicted octanol–water partition coefficient (Wildman–Crippen LogP) is 5.14. The van der Waals surface area contributed by atoms with Crippen LogP contribution in [0.5, 0.6) is 0 Å². The minimum atomic E-state index is -3.00. The van der Waals surface area contributed by atoms with Gasteiger partial charge in [0.05, 0.1) is 23.2 Å². The lowest BCUT2D eigenvalue weighted by Crippen LogP contribution is -2.46. The van der Waals surface area contributed by atoms with Crippen molar-refractivity contribution in [2.45, 2.75) is 83.7 Å². The van der Waals surface area contributed by atoms with Crippen LogP contribution in [0.2, 0.25) is 0 Å². The fraction of sp³-hybridized carbons (Fsp3) is 0.750. The van der Waals surface area contributed by atoms with Crippen molar-refractivity contribution in [1.29, 1.82) is 0 Å². The van der Waals surface area contributed by atoms with Gasteiger partial charge in [0, 0.05) is 13.1 Å². The Balaban J connectivity index is 1.54. The van der Waals surface area contributed by atoms with Gasteiger partial charge >= 0.3 is 0 Å². The van der Waals surface area contributed by atoms with Gasteiger partial charge < -0.3 is 9.64 Å². The van der Waals surface area contributed by atoms with E-state index in [4.69, 9.17) is 4.74 Å². The molecule has 1 aromatic rings. The second-order valence-electron chi connectivity index (χ2n) is 9.87. The lowest BCUT2D eigenvalue weighted by molar-refractivity contribution is -0.00558. The Morgan fingerprint density at radius 3 is 2.03 bits per heavy atom. The van der Waals surface area contributed by atoms with E-state index in [-0.39, 0.29) is 34.8 Å². The second kappa shape index (κ2) is 10.2. The zero-order valence-corrected chi connectivity index (χ0v) is 20.1. The average molecular weight is 458 g/mol. The van der Waals surface area contributed by atoms with Crippen molar-refractivity contribution < 1.29 is 21.9 Å². The maximum atomic E-state index is 14.8. The molecule has 0 bridgehead atoms. The molecule has 1 heterocycles. The van der Waals surface area contributed by atoms with Crippen molar-refractivity contribution in [3.05, 3.63) is 29.3 Å². The first kappa shape index (κ1) is 24.4. The molecule has 3 rings (SSSR count). The molecule has 7 heteroatoms. The summed E-state index contributed by atoms with van der Waals surface area (Å²) in [6.45, 7) is 8.27. The van der Waals surface area contributed by atoms with E-state index >= 15 is 0 Å². The van der Waals surface area contributed by atoms with Crippen LogP contribution in [-0.4, -0.2) is 44.7 Å². The monoisotopic (exact) mass is 457 g/mol. The highest BCUT2D eigenvalue weighted by atomic mass is 32.2. The van der Waals surface area contributed by atoms with Gasteiger partial charge in [0.1, 0.15) is 17.3 Å². The summed E-state index contributed by atoms with van der Waals surface area (Å²) in [5.74, 6) is 0.0206.